The van der Waals surface area contributed by atoms with Gasteiger partial charge in [-0.25, -0.2) is 0 Å². The van der Waals surface area contributed by atoms with E-state index in [1.54, 1.807) is 18.2 Å². The third kappa shape index (κ3) is 8.92. The highest BCUT2D eigenvalue weighted by atomic mass is 35.6. The van der Waals surface area contributed by atoms with Crippen molar-refractivity contribution >= 4 is 52.3 Å². The van der Waals surface area contributed by atoms with E-state index in [1.807, 2.05) is 51.1 Å². The zero-order valence-electron chi connectivity index (χ0n) is 26.1. The van der Waals surface area contributed by atoms with Gasteiger partial charge in [0.25, 0.3) is 9.70 Å². The van der Waals surface area contributed by atoms with Crippen LogP contribution in [0.2, 0.25) is 0 Å². The second kappa shape index (κ2) is 14.5. The molecule has 0 radical (unpaired) electrons. The van der Waals surface area contributed by atoms with Crippen LogP contribution in [0, 0.1) is 5.92 Å². The first kappa shape index (κ1) is 34.4. The van der Waals surface area contributed by atoms with Gasteiger partial charge in [0, 0.05) is 35.8 Å². The summed E-state index contributed by atoms with van der Waals surface area (Å²) in [6.45, 7) is 6.61. The normalized spacial score (nSPS) is 27.8. The molecule has 0 aromatic heterocycles. The molecule has 246 valence electrons. The van der Waals surface area contributed by atoms with Gasteiger partial charge < -0.3 is 25.2 Å². The largest absolute Gasteiger partial charge is 0.392 e. The smallest absolute Gasteiger partial charge is 0.276 e. The summed E-state index contributed by atoms with van der Waals surface area (Å²) in [7, 11) is 0. The van der Waals surface area contributed by atoms with Gasteiger partial charge in [-0.3, -0.25) is 14.5 Å². The Hall–Kier alpha value is -1.91. The number of hydrogen-bond acceptors (Lipinski definition) is 6. The van der Waals surface area contributed by atoms with Crippen molar-refractivity contribution < 1.29 is 24.2 Å². The van der Waals surface area contributed by atoms with Crippen molar-refractivity contribution in [3.63, 3.8) is 0 Å². The van der Waals surface area contributed by atoms with Gasteiger partial charge in [-0.15, -0.1) is 0 Å². The minimum Gasteiger partial charge on any atom is -0.392 e. The van der Waals surface area contributed by atoms with Gasteiger partial charge in [-0.05, 0) is 75.6 Å². The Morgan fingerprint density at radius 3 is 2.38 bits per heavy atom. The van der Waals surface area contributed by atoms with E-state index >= 15 is 0 Å². The first-order valence-electron chi connectivity index (χ1n) is 15.9. The van der Waals surface area contributed by atoms with Gasteiger partial charge in [0.1, 0.15) is 0 Å². The number of aliphatic hydroxyl groups excluding tert-OH is 1. The summed E-state index contributed by atoms with van der Waals surface area (Å²) in [5.41, 5.74) is 2.62. The molecule has 3 N–H and O–H groups in total. The van der Waals surface area contributed by atoms with Crippen LogP contribution in [0.1, 0.15) is 94.8 Å². The Bertz CT molecular complexity index is 1330. The number of carbonyl (C=O) groups is 2. The highest BCUT2D eigenvalue weighted by Crippen LogP contribution is 2.42. The maximum atomic E-state index is 13.7. The first-order valence-corrected chi connectivity index (χ1v) is 17.0. The van der Waals surface area contributed by atoms with Gasteiger partial charge in [0.05, 0.1) is 24.9 Å². The van der Waals surface area contributed by atoms with E-state index in [1.165, 1.54) is 12.8 Å². The molecule has 2 amide bonds. The average molecular weight is 681 g/mol. The molecule has 3 fully saturated rings. The lowest BCUT2D eigenvalue weighted by atomic mass is 9.75. The lowest BCUT2D eigenvalue weighted by Gasteiger charge is -2.50. The van der Waals surface area contributed by atoms with Crippen LogP contribution in [0.5, 0.6) is 0 Å². The predicted molar refractivity (Wildman–Crippen MR) is 177 cm³/mol. The molecule has 2 aromatic rings. The fraction of sp³-hybridized carbons (Fsp3) is 0.588. The summed E-state index contributed by atoms with van der Waals surface area (Å²) >= 11 is 17.3. The minimum absolute atomic E-state index is 0.0393. The van der Waals surface area contributed by atoms with Crippen LogP contribution in [-0.2, 0) is 25.7 Å². The van der Waals surface area contributed by atoms with Crippen LogP contribution in [0.4, 0.5) is 5.69 Å². The Labute approximate surface area is 281 Å². The Morgan fingerprint density at radius 1 is 0.956 bits per heavy atom. The fourth-order valence-electron chi connectivity index (χ4n) is 6.96. The number of nitrogens with one attached hydrogen (secondary N) is 2. The number of carbonyl (C=O) groups excluding carboxylic acids is 2. The molecule has 2 aliphatic heterocycles. The zero-order valence-corrected chi connectivity index (χ0v) is 28.4. The molecule has 1 saturated carbocycles. The summed E-state index contributed by atoms with van der Waals surface area (Å²) in [5, 5.41) is 15.5. The molecule has 0 spiro atoms. The molecule has 2 saturated heterocycles. The number of nitrogens with zero attached hydrogens (tertiary/aromatic N) is 1. The maximum Gasteiger partial charge on any atom is 0.276 e. The molecule has 8 nitrogen and oxygen atoms in total. The number of rotatable bonds is 7. The molecule has 11 heteroatoms. The number of ether oxygens (including phenoxy) is 2. The van der Waals surface area contributed by atoms with Crippen molar-refractivity contribution in [1.82, 2.24) is 10.2 Å². The number of alkyl halides is 3. The van der Waals surface area contributed by atoms with Crippen LogP contribution >= 0.6 is 34.8 Å². The zero-order chi connectivity index (χ0) is 32.4. The number of anilines is 1. The third-order valence-electron chi connectivity index (χ3n) is 9.01. The number of hydrogen-bond donors (Lipinski definition) is 3. The molecular weight excluding hydrogens is 637 g/mol. The van der Waals surface area contributed by atoms with E-state index in [4.69, 9.17) is 44.3 Å². The van der Waals surface area contributed by atoms with E-state index in [0.717, 1.165) is 36.8 Å². The molecule has 6 atom stereocenters. The van der Waals surface area contributed by atoms with Crippen LogP contribution in [-0.4, -0.2) is 55.9 Å². The average Bonchev–Trinajstić information content (AvgIpc) is 3.00. The molecule has 45 heavy (non-hydrogen) atoms. The van der Waals surface area contributed by atoms with E-state index in [0.29, 0.717) is 36.2 Å². The number of aliphatic hydroxyl groups is 1. The Kier molecular flexibility index (Phi) is 11.1. The Balaban J connectivity index is 1.43. The number of likely N-dealkylation sites (tertiary alicyclic amines) is 1. The summed E-state index contributed by atoms with van der Waals surface area (Å²) in [5.74, 6) is -0.113. The Morgan fingerprint density at radius 2 is 1.69 bits per heavy atom. The van der Waals surface area contributed by atoms with E-state index < -0.39 is 16.0 Å². The van der Waals surface area contributed by atoms with Crippen molar-refractivity contribution in [3.05, 3.63) is 65.2 Å². The van der Waals surface area contributed by atoms with Crippen LogP contribution in [0.25, 0.3) is 0 Å². The van der Waals surface area contributed by atoms with Crippen LogP contribution in [0.3, 0.4) is 0 Å². The van der Waals surface area contributed by atoms with E-state index in [2.05, 4.69) is 15.5 Å². The SMILES string of the molecule is CC(C)(C)NC(=O)C1CCC2CCCCC2N1CC1CC(c2ccc(CO)cc2)OC(c2cccc(NC(=O)C(Cl)(Cl)Cl)c2)O1. The van der Waals surface area contributed by atoms with Gasteiger partial charge in [0.2, 0.25) is 5.91 Å². The standard InChI is InChI=1S/C34H44Cl3N3O5/c1-33(2,3)39-30(42)28-16-15-22-7-4-5-10-27(22)40(28)19-26-18-29(23-13-11-21(20-41)12-14-23)45-31(44-26)24-8-6-9-25(17-24)38-32(43)34(35,36)37/h6,8-9,11-14,17,22,26-29,31,41H,4-5,7,10,15-16,18-20H2,1-3H3,(H,38,43)(H,39,42). The highest BCUT2D eigenvalue weighted by Gasteiger charge is 2.44. The van der Waals surface area contributed by atoms with Crippen molar-refractivity contribution in [2.45, 2.75) is 112 Å². The summed E-state index contributed by atoms with van der Waals surface area (Å²) < 4.78 is 11.1. The lowest BCUT2D eigenvalue weighted by Crippen LogP contribution is -2.61. The summed E-state index contributed by atoms with van der Waals surface area (Å²) in [4.78, 5) is 28.4. The van der Waals surface area contributed by atoms with Crippen molar-refractivity contribution in [2.24, 2.45) is 5.92 Å². The van der Waals surface area contributed by atoms with Gasteiger partial charge in [0.15, 0.2) is 6.29 Å². The van der Waals surface area contributed by atoms with Crippen LogP contribution in [0.15, 0.2) is 48.5 Å². The second-order valence-corrected chi connectivity index (χ2v) is 15.8. The van der Waals surface area contributed by atoms with Gasteiger partial charge in [-0.1, -0.05) is 84.0 Å². The molecule has 6 unspecified atom stereocenters. The number of amides is 2. The monoisotopic (exact) mass is 679 g/mol. The molecule has 5 rings (SSSR count). The number of halogens is 3. The van der Waals surface area contributed by atoms with Gasteiger partial charge in [-0.2, -0.15) is 0 Å². The molecule has 2 heterocycles. The van der Waals surface area contributed by atoms with Gasteiger partial charge >= 0.3 is 0 Å². The maximum absolute atomic E-state index is 13.7. The number of benzene rings is 2. The molecule has 0 bridgehead atoms. The van der Waals surface area contributed by atoms with Crippen molar-refractivity contribution in [2.75, 3.05) is 11.9 Å². The molecular formula is C34H44Cl3N3O5. The number of fused-ring (bicyclic) bond motifs is 1. The quantitative estimate of drug-likeness (QED) is 0.273. The second-order valence-electron chi connectivity index (χ2n) is 13.6. The molecule has 3 aliphatic rings. The summed E-state index contributed by atoms with van der Waals surface area (Å²) in [6, 6.07) is 15.0. The lowest BCUT2D eigenvalue weighted by molar-refractivity contribution is -0.255. The highest BCUT2D eigenvalue weighted by molar-refractivity contribution is 6.76. The molecule has 1 aliphatic carbocycles. The topological polar surface area (TPSA) is 100 Å². The number of piperidine rings is 1. The van der Waals surface area contributed by atoms with Crippen molar-refractivity contribution in [1.29, 1.82) is 0 Å². The van der Waals surface area contributed by atoms with E-state index in [-0.39, 0.29) is 36.3 Å². The van der Waals surface area contributed by atoms with Crippen molar-refractivity contribution in [3.8, 4) is 0 Å². The van der Waals surface area contributed by atoms with E-state index in [9.17, 15) is 14.7 Å². The minimum atomic E-state index is -2.11. The fourth-order valence-corrected chi connectivity index (χ4v) is 7.10. The summed E-state index contributed by atoms with van der Waals surface area (Å²) in [6.07, 6.45) is 5.87. The first-order chi connectivity index (χ1) is 21.3. The predicted octanol–water partition coefficient (Wildman–Crippen LogP) is 6.97. The third-order valence-corrected chi connectivity index (χ3v) is 9.53. The molecule has 2 aromatic carbocycles. The van der Waals surface area contributed by atoms with Crippen LogP contribution < -0.4 is 10.6 Å².